The molecule has 1 aromatic rings. The molecule has 6 heteroatoms. The maximum absolute atomic E-state index is 12.7. The number of ether oxygens (including phenoxy) is 3. The number of hydrogen-bond donors (Lipinski definition) is 1. The molecular formula is C18H16N2O4. The van der Waals surface area contributed by atoms with Gasteiger partial charge in [0.1, 0.15) is 17.4 Å². The van der Waals surface area contributed by atoms with Gasteiger partial charge in [-0.25, -0.2) is 0 Å². The number of rotatable bonds is 1. The van der Waals surface area contributed by atoms with Crippen molar-refractivity contribution in [2.45, 2.75) is 25.7 Å². The average Bonchev–Trinajstić information content (AvgIpc) is 3.00. The van der Waals surface area contributed by atoms with Crippen LogP contribution in [-0.2, 0) is 9.53 Å². The van der Waals surface area contributed by atoms with Crippen molar-refractivity contribution < 1.29 is 19.0 Å². The molecule has 0 amide bonds. The molecule has 0 spiro atoms. The van der Waals surface area contributed by atoms with Gasteiger partial charge < -0.3 is 19.9 Å². The zero-order valence-electron chi connectivity index (χ0n) is 13.2. The Bertz CT molecular complexity index is 847. The predicted octanol–water partition coefficient (Wildman–Crippen LogP) is 2.48. The van der Waals surface area contributed by atoms with E-state index in [1.54, 1.807) is 12.1 Å². The summed E-state index contributed by atoms with van der Waals surface area (Å²) in [6.07, 6.45) is 1.09. The van der Waals surface area contributed by atoms with E-state index in [2.05, 4.69) is 6.07 Å². The highest BCUT2D eigenvalue weighted by molar-refractivity contribution is 5.99. The van der Waals surface area contributed by atoms with E-state index in [9.17, 15) is 10.1 Å². The van der Waals surface area contributed by atoms with Crippen molar-refractivity contribution in [2.75, 3.05) is 6.79 Å². The van der Waals surface area contributed by atoms with Crippen LogP contribution in [-0.4, -0.2) is 12.6 Å². The van der Waals surface area contributed by atoms with Crippen LogP contribution in [0.4, 0.5) is 0 Å². The Morgan fingerprint density at radius 3 is 2.83 bits per heavy atom. The SMILES string of the molecule is C[C@H]1CC(=O)C2=C(C1)OC(N)=C(C#N)[C@@H]2c1ccc2c(c1)OCO2. The summed E-state index contributed by atoms with van der Waals surface area (Å²) in [5.74, 6) is 1.59. The number of fused-ring (bicyclic) bond motifs is 1. The Hall–Kier alpha value is -2.94. The molecular weight excluding hydrogens is 308 g/mol. The van der Waals surface area contributed by atoms with Gasteiger partial charge in [0.25, 0.3) is 0 Å². The highest BCUT2D eigenvalue weighted by Gasteiger charge is 2.40. The van der Waals surface area contributed by atoms with Gasteiger partial charge in [-0.3, -0.25) is 4.79 Å². The minimum absolute atomic E-state index is 0.00617. The fourth-order valence-electron chi connectivity index (χ4n) is 3.52. The molecule has 3 aliphatic rings. The highest BCUT2D eigenvalue weighted by Crippen LogP contribution is 2.46. The van der Waals surface area contributed by atoms with Crippen LogP contribution in [0.5, 0.6) is 11.5 Å². The largest absolute Gasteiger partial charge is 0.454 e. The first kappa shape index (κ1) is 14.6. The van der Waals surface area contributed by atoms with Crippen LogP contribution in [0.2, 0.25) is 0 Å². The lowest BCUT2D eigenvalue weighted by Crippen LogP contribution is -2.29. The van der Waals surface area contributed by atoms with Gasteiger partial charge in [0.05, 0.1) is 5.92 Å². The number of nitrogens with zero attached hydrogens (tertiary/aromatic N) is 1. The third-order valence-electron chi connectivity index (χ3n) is 4.59. The molecule has 1 aromatic carbocycles. The van der Waals surface area contributed by atoms with E-state index in [0.717, 1.165) is 5.56 Å². The van der Waals surface area contributed by atoms with Crippen molar-refractivity contribution in [1.82, 2.24) is 0 Å². The Morgan fingerprint density at radius 1 is 1.25 bits per heavy atom. The normalized spacial score (nSPS) is 25.2. The zero-order valence-corrected chi connectivity index (χ0v) is 13.2. The maximum Gasteiger partial charge on any atom is 0.231 e. The van der Waals surface area contributed by atoms with Crippen molar-refractivity contribution in [1.29, 1.82) is 5.26 Å². The second kappa shape index (κ2) is 5.31. The van der Waals surface area contributed by atoms with Crippen LogP contribution in [0.25, 0.3) is 0 Å². The molecule has 0 unspecified atom stereocenters. The number of nitrogens with two attached hydrogens (primary N) is 1. The van der Waals surface area contributed by atoms with Crippen LogP contribution >= 0.6 is 0 Å². The van der Waals surface area contributed by atoms with E-state index in [4.69, 9.17) is 19.9 Å². The number of ketones is 1. The minimum atomic E-state index is -0.520. The lowest BCUT2D eigenvalue weighted by Gasteiger charge is -2.33. The van der Waals surface area contributed by atoms with E-state index in [1.165, 1.54) is 0 Å². The van der Waals surface area contributed by atoms with Crippen molar-refractivity contribution >= 4 is 5.78 Å². The Kier molecular flexibility index (Phi) is 3.24. The number of carbonyl (C=O) groups excluding carboxylic acids is 1. The molecule has 6 nitrogen and oxygen atoms in total. The Morgan fingerprint density at radius 2 is 2.04 bits per heavy atom. The summed E-state index contributed by atoms with van der Waals surface area (Å²) in [5, 5.41) is 9.56. The molecule has 2 heterocycles. The van der Waals surface area contributed by atoms with Crippen LogP contribution in [0, 0.1) is 17.2 Å². The fourth-order valence-corrected chi connectivity index (χ4v) is 3.52. The number of hydrogen-bond acceptors (Lipinski definition) is 6. The molecule has 0 fully saturated rings. The molecule has 2 N–H and O–H groups in total. The topological polar surface area (TPSA) is 94.6 Å². The quantitative estimate of drug-likeness (QED) is 0.853. The predicted molar refractivity (Wildman–Crippen MR) is 83.6 cm³/mol. The molecule has 2 atom stereocenters. The van der Waals surface area contributed by atoms with Crippen molar-refractivity contribution in [3.8, 4) is 17.6 Å². The summed E-state index contributed by atoms with van der Waals surface area (Å²) in [6.45, 7) is 2.17. The van der Waals surface area contributed by atoms with Crippen LogP contribution in [0.1, 0.15) is 31.2 Å². The van der Waals surface area contributed by atoms with Gasteiger partial charge in [0, 0.05) is 18.4 Å². The summed E-state index contributed by atoms with van der Waals surface area (Å²) in [4.78, 5) is 12.7. The molecule has 0 saturated carbocycles. The van der Waals surface area contributed by atoms with E-state index >= 15 is 0 Å². The van der Waals surface area contributed by atoms with Crippen molar-refractivity contribution in [2.24, 2.45) is 11.7 Å². The van der Waals surface area contributed by atoms with Crippen LogP contribution in [0.15, 0.2) is 41.0 Å². The average molecular weight is 324 g/mol. The lowest BCUT2D eigenvalue weighted by atomic mass is 9.75. The van der Waals surface area contributed by atoms with Gasteiger partial charge in [0.2, 0.25) is 12.7 Å². The smallest absolute Gasteiger partial charge is 0.231 e. The third-order valence-corrected chi connectivity index (χ3v) is 4.59. The number of benzene rings is 1. The molecule has 0 bridgehead atoms. The fraction of sp³-hybridized carbons (Fsp3) is 0.333. The standard InChI is InChI=1S/C18H16N2O4/c1-9-4-12(21)17-15(5-9)24-18(20)11(7-19)16(17)10-2-3-13-14(6-10)23-8-22-13/h2-3,6,9,16H,4-5,8,20H2,1H3/t9-,16-/m0/s1. The monoisotopic (exact) mass is 324 g/mol. The minimum Gasteiger partial charge on any atom is -0.454 e. The number of allylic oxidation sites excluding steroid dienone is 3. The molecule has 0 saturated heterocycles. The van der Waals surface area contributed by atoms with Crippen LogP contribution in [0.3, 0.4) is 0 Å². The molecule has 0 aromatic heterocycles. The first-order chi connectivity index (χ1) is 11.6. The number of nitriles is 1. The lowest BCUT2D eigenvalue weighted by molar-refractivity contribution is -0.117. The molecule has 24 heavy (non-hydrogen) atoms. The van der Waals surface area contributed by atoms with Crippen LogP contribution < -0.4 is 15.2 Å². The van der Waals surface area contributed by atoms with Gasteiger partial charge in [-0.05, 0) is 23.6 Å². The number of Topliss-reactive ketones (excluding diaryl/α,β-unsaturated/α-hetero) is 1. The summed E-state index contributed by atoms with van der Waals surface area (Å²) in [6, 6.07) is 7.53. The highest BCUT2D eigenvalue weighted by atomic mass is 16.7. The molecule has 4 rings (SSSR count). The maximum atomic E-state index is 12.7. The number of carbonyl (C=O) groups is 1. The van der Waals surface area contributed by atoms with Gasteiger partial charge in [-0.15, -0.1) is 0 Å². The zero-order chi connectivity index (χ0) is 16.8. The summed E-state index contributed by atoms with van der Waals surface area (Å²) in [5.41, 5.74) is 7.54. The van der Waals surface area contributed by atoms with Crippen molar-refractivity contribution in [3.05, 3.63) is 46.6 Å². The first-order valence-corrected chi connectivity index (χ1v) is 7.82. The van der Waals surface area contributed by atoms with Gasteiger partial charge in [-0.2, -0.15) is 5.26 Å². The van der Waals surface area contributed by atoms with E-state index in [1.807, 2.05) is 13.0 Å². The van der Waals surface area contributed by atoms with E-state index < -0.39 is 5.92 Å². The second-order valence-corrected chi connectivity index (χ2v) is 6.31. The summed E-state index contributed by atoms with van der Waals surface area (Å²) in [7, 11) is 0. The Balaban J connectivity index is 1.87. The Labute approximate surface area is 139 Å². The van der Waals surface area contributed by atoms with Crippen molar-refractivity contribution in [3.63, 3.8) is 0 Å². The summed E-state index contributed by atoms with van der Waals surface area (Å²) < 4.78 is 16.4. The molecule has 1 aliphatic carbocycles. The molecule has 2 aliphatic heterocycles. The van der Waals surface area contributed by atoms with E-state index in [-0.39, 0.29) is 30.0 Å². The molecule has 122 valence electrons. The molecule has 0 radical (unpaired) electrons. The van der Waals surface area contributed by atoms with Gasteiger partial charge >= 0.3 is 0 Å². The van der Waals surface area contributed by atoms with E-state index in [0.29, 0.717) is 35.7 Å². The second-order valence-electron chi connectivity index (χ2n) is 6.31. The van der Waals surface area contributed by atoms with Gasteiger partial charge in [0.15, 0.2) is 17.3 Å². The third kappa shape index (κ3) is 2.13. The first-order valence-electron chi connectivity index (χ1n) is 7.82. The van der Waals surface area contributed by atoms with Gasteiger partial charge in [-0.1, -0.05) is 13.0 Å². The summed E-state index contributed by atoms with van der Waals surface area (Å²) >= 11 is 0.